The van der Waals surface area contributed by atoms with E-state index in [2.05, 4.69) is 36.6 Å². The van der Waals surface area contributed by atoms with Crippen molar-refractivity contribution in [3.8, 4) is 0 Å². The minimum absolute atomic E-state index is 0.0111. The van der Waals surface area contributed by atoms with Gasteiger partial charge in [0.25, 0.3) is 0 Å². The smallest absolute Gasteiger partial charge is 0.208 e. The standard InChI is InChI=1S/C13H17Br2NO2S/c1-9(10-4-2-3-5-10)16-19(17,18)13-7-6-11(14)8-12(13)15/h6-10,16H,2-5H2,1H3. The van der Waals surface area contributed by atoms with Gasteiger partial charge >= 0.3 is 0 Å². The van der Waals surface area contributed by atoms with E-state index in [0.717, 1.165) is 17.3 Å². The maximum Gasteiger partial charge on any atom is 0.241 e. The third kappa shape index (κ3) is 3.80. The molecule has 1 unspecified atom stereocenters. The molecular weight excluding hydrogens is 394 g/mol. The van der Waals surface area contributed by atoms with Crippen LogP contribution in [0.5, 0.6) is 0 Å². The topological polar surface area (TPSA) is 46.2 Å². The lowest BCUT2D eigenvalue weighted by Gasteiger charge is -2.20. The number of hydrogen-bond acceptors (Lipinski definition) is 2. The first-order valence-corrected chi connectivity index (χ1v) is 9.44. The van der Waals surface area contributed by atoms with Gasteiger partial charge in [0.15, 0.2) is 0 Å². The van der Waals surface area contributed by atoms with Crippen LogP contribution in [0.4, 0.5) is 0 Å². The molecule has 1 atom stereocenters. The van der Waals surface area contributed by atoms with Crippen LogP contribution >= 0.6 is 31.9 Å². The second kappa shape index (κ2) is 6.24. The monoisotopic (exact) mass is 409 g/mol. The minimum atomic E-state index is -3.46. The molecule has 0 bridgehead atoms. The van der Waals surface area contributed by atoms with E-state index in [0.29, 0.717) is 15.3 Å². The van der Waals surface area contributed by atoms with Crippen molar-refractivity contribution >= 4 is 41.9 Å². The van der Waals surface area contributed by atoms with Crippen LogP contribution in [0.3, 0.4) is 0 Å². The van der Waals surface area contributed by atoms with Crippen molar-refractivity contribution in [2.24, 2.45) is 5.92 Å². The number of rotatable bonds is 4. The molecule has 0 saturated heterocycles. The number of sulfonamides is 1. The zero-order valence-electron chi connectivity index (χ0n) is 10.7. The first-order valence-electron chi connectivity index (χ1n) is 6.37. The summed E-state index contributed by atoms with van der Waals surface area (Å²) >= 11 is 6.63. The Kier molecular flexibility index (Phi) is 5.09. The quantitative estimate of drug-likeness (QED) is 0.812. The molecule has 0 spiro atoms. The molecule has 0 radical (unpaired) electrons. The number of nitrogens with one attached hydrogen (secondary N) is 1. The molecule has 1 N–H and O–H groups in total. The molecule has 3 nitrogen and oxygen atoms in total. The highest BCUT2D eigenvalue weighted by molar-refractivity contribution is 9.11. The molecule has 1 saturated carbocycles. The van der Waals surface area contributed by atoms with Crippen molar-refractivity contribution in [1.29, 1.82) is 0 Å². The van der Waals surface area contributed by atoms with Crippen molar-refractivity contribution < 1.29 is 8.42 Å². The molecule has 1 aromatic carbocycles. The molecular formula is C13H17Br2NO2S. The Hall–Kier alpha value is 0.0900. The normalized spacial score (nSPS) is 18.7. The summed E-state index contributed by atoms with van der Waals surface area (Å²) in [4.78, 5) is 0.292. The van der Waals surface area contributed by atoms with Crippen molar-refractivity contribution in [3.05, 3.63) is 27.1 Å². The van der Waals surface area contributed by atoms with Gasteiger partial charge in [-0.05, 0) is 59.8 Å². The Balaban J connectivity index is 2.17. The first kappa shape index (κ1) is 15.5. The van der Waals surface area contributed by atoms with Gasteiger partial charge in [0, 0.05) is 15.0 Å². The van der Waals surface area contributed by atoms with Gasteiger partial charge in [0.2, 0.25) is 10.0 Å². The molecule has 1 aliphatic carbocycles. The molecule has 106 valence electrons. The first-order chi connectivity index (χ1) is 8.90. The Bertz CT molecular complexity index is 554. The highest BCUT2D eigenvalue weighted by Crippen LogP contribution is 2.30. The Labute approximate surface area is 131 Å². The van der Waals surface area contributed by atoms with Gasteiger partial charge in [-0.1, -0.05) is 28.8 Å². The summed E-state index contributed by atoms with van der Waals surface area (Å²) in [5, 5.41) is 0. The molecule has 0 amide bonds. The fraction of sp³-hybridized carbons (Fsp3) is 0.538. The number of hydrogen-bond donors (Lipinski definition) is 1. The van der Waals surface area contributed by atoms with E-state index in [-0.39, 0.29) is 6.04 Å². The lowest BCUT2D eigenvalue weighted by Crippen LogP contribution is -2.37. The van der Waals surface area contributed by atoms with Crippen molar-refractivity contribution in [2.45, 2.75) is 43.5 Å². The lowest BCUT2D eigenvalue weighted by molar-refractivity contribution is 0.424. The van der Waals surface area contributed by atoms with Gasteiger partial charge in [-0.25, -0.2) is 13.1 Å². The van der Waals surface area contributed by atoms with Crippen LogP contribution in [0.1, 0.15) is 32.6 Å². The van der Waals surface area contributed by atoms with E-state index in [1.54, 1.807) is 18.2 Å². The zero-order chi connectivity index (χ0) is 14.0. The molecule has 0 aromatic heterocycles. The highest BCUT2D eigenvalue weighted by atomic mass is 79.9. The van der Waals surface area contributed by atoms with Crippen LogP contribution in [0.25, 0.3) is 0 Å². The van der Waals surface area contributed by atoms with E-state index in [1.807, 2.05) is 6.92 Å². The molecule has 0 aliphatic heterocycles. The van der Waals surface area contributed by atoms with Gasteiger partial charge in [-0.3, -0.25) is 0 Å². The Morgan fingerprint density at radius 1 is 1.26 bits per heavy atom. The van der Waals surface area contributed by atoms with Crippen molar-refractivity contribution in [2.75, 3.05) is 0 Å². The van der Waals surface area contributed by atoms with Gasteiger partial charge in [-0.15, -0.1) is 0 Å². The average molecular weight is 411 g/mol. The van der Waals surface area contributed by atoms with Crippen LogP contribution < -0.4 is 4.72 Å². The number of benzene rings is 1. The maximum absolute atomic E-state index is 12.4. The van der Waals surface area contributed by atoms with Crippen LogP contribution in [0.15, 0.2) is 32.0 Å². The molecule has 0 heterocycles. The van der Waals surface area contributed by atoms with E-state index in [4.69, 9.17) is 0 Å². The summed E-state index contributed by atoms with van der Waals surface area (Å²) < 4.78 is 29.0. The Morgan fingerprint density at radius 2 is 1.89 bits per heavy atom. The minimum Gasteiger partial charge on any atom is -0.208 e. The van der Waals surface area contributed by atoms with Gasteiger partial charge in [0.1, 0.15) is 0 Å². The summed E-state index contributed by atoms with van der Waals surface area (Å²) in [5.41, 5.74) is 0. The SMILES string of the molecule is CC(NS(=O)(=O)c1ccc(Br)cc1Br)C1CCCC1. The molecule has 19 heavy (non-hydrogen) atoms. The summed E-state index contributed by atoms with van der Waals surface area (Å²) in [6.45, 7) is 1.96. The number of halogens is 2. The lowest BCUT2D eigenvalue weighted by atomic mass is 10.0. The largest absolute Gasteiger partial charge is 0.241 e. The summed E-state index contributed by atoms with van der Waals surface area (Å²) in [6.07, 6.45) is 4.65. The summed E-state index contributed by atoms with van der Waals surface area (Å²) in [6, 6.07) is 5.08. The fourth-order valence-electron chi connectivity index (χ4n) is 2.55. The molecule has 1 fully saturated rings. The predicted octanol–water partition coefficient (Wildman–Crippen LogP) is 4.07. The van der Waals surface area contributed by atoms with Crippen molar-refractivity contribution in [1.82, 2.24) is 4.72 Å². The van der Waals surface area contributed by atoms with Gasteiger partial charge < -0.3 is 0 Å². The van der Waals surface area contributed by atoms with Crippen LogP contribution in [0, 0.1) is 5.92 Å². The third-order valence-electron chi connectivity index (χ3n) is 3.63. The fourth-order valence-corrected chi connectivity index (χ4v) is 5.61. The zero-order valence-corrected chi connectivity index (χ0v) is 14.7. The second-order valence-electron chi connectivity index (χ2n) is 5.03. The van der Waals surface area contributed by atoms with E-state index in [9.17, 15) is 8.42 Å². The van der Waals surface area contributed by atoms with E-state index < -0.39 is 10.0 Å². The maximum atomic E-state index is 12.4. The van der Waals surface area contributed by atoms with E-state index >= 15 is 0 Å². The van der Waals surface area contributed by atoms with E-state index in [1.165, 1.54) is 12.8 Å². The molecule has 6 heteroatoms. The molecule has 2 rings (SSSR count). The average Bonchev–Trinajstić information content (AvgIpc) is 2.80. The molecule has 1 aromatic rings. The predicted molar refractivity (Wildman–Crippen MR) is 83.6 cm³/mol. The van der Waals surface area contributed by atoms with Crippen LogP contribution in [-0.2, 0) is 10.0 Å². The van der Waals surface area contributed by atoms with Gasteiger partial charge in [-0.2, -0.15) is 0 Å². The summed E-state index contributed by atoms with van der Waals surface area (Å²) in [5.74, 6) is 0.462. The molecule has 1 aliphatic rings. The van der Waals surface area contributed by atoms with Crippen LogP contribution in [0.2, 0.25) is 0 Å². The van der Waals surface area contributed by atoms with Crippen LogP contribution in [-0.4, -0.2) is 14.5 Å². The van der Waals surface area contributed by atoms with Crippen molar-refractivity contribution in [3.63, 3.8) is 0 Å². The summed E-state index contributed by atoms with van der Waals surface area (Å²) in [7, 11) is -3.46. The second-order valence-corrected chi connectivity index (χ2v) is 8.48. The van der Waals surface area contributed by atoms with Gasteiger partial charge in [0.05, 0.1) is 4.90 Å². The third-order valence-corrected chi connectivity index (χ3v) is 6.66. The Morgan fingerprint density at radius 3 is 2.47 bits per heavy atom. The highest BCUT2D eigenvalue weighted by Gasteiger charge is 2.27.